The van der Waals surface area contributed by atoms with E-state index >= 15 is 0 Å². The molecule has 0 aliphatic carbocycles. The molecule has 0 fully saturated rings. The van der Waals surface area contributed by atoms with Gasteiger partial charge >= 0.3 is 0 Å². The Labute approximate surface area is 78.1 Å². The number of carbonyl (C=O) groups is 1. The Morgan fingerprint density at radius 3 is 2.62 bits per heavy atom. The molecule has 0 spiro atoms. The van der Waals surface area contributed by atoms with Gasteiger partial charge in [0.15, 0.2) is 5.78 Å². The highest BCUT2D eigenvalue weighted by Gasteiger charge is 2.01. The van der Waals surface area contributed by atoms with Gasteiger partial charge in [-0.25, -0.2) is 0 Å². The second-order valence-corrected chi connectivity index (χ2v) is 2.90. The summed E-state index contributed by atoms with van der Waals surface area (Å²) in [5, 5.41) is 0. The molecular weight excluding hydrogens is 162 g/mol. The van der Waals surface area contributed by atoms with Gasteiger partial charge in [-0.3, -0.25) is 4.79 Å². The Hall–Kier alpha value is -1.57. The van der Waals surface area contributed by atoms with E-state index in [0.29, 0.717) is 11.3 Å². The van der Waals surface area contributed by atoms with E-state index in [-0.39, 0.29) is 5.78 Å². The van der Waals surface area contributed by atoms with Crippen LogP contribution in [0.1, 0.15) is 29.8 Å². The first-order valence-corrected chi connectivity index (χ1v) is 4.18. The minimum absolute atomic E-state index is 0.0405. The van der Waals surface area contributed by atoms with Crippen LogP contribution in [0.5, 0.6) is 0 Å². The Morgan fingerprint density at radius 2 is 2.15 bits per heavy atom. The highest BCUT2D eigenvalue weighted by Crippen LogP contribution is 2.16. The van der Waals surface area contributed by atoms with Crippen LogP contribution in [-0.2, 0) is 0 Å². The van der Waals surface area contributed by atoms with Crippen LogP contribution < -0.4 is 5.73 Å². The maximum atomic E-state index is 11.0. The average molecular weight is 175 g/mol. The molecule has 0 amide bonds. The summed E-state index contributed by atoms with van der Waals surface area (Å²) in [6.07, 6.45) is 3.83. The van der Waals surface area contributed by atoms with E-state index in [2.05, 4.69) is 0 Å². The Balaban J connectivity index is 3.12. The maximum Gasteiger partial charge on any atom is 0.159 e. The van der Waals surface area contributed by atoms with Crippen molar-refractivity contribution >= 4 is 17.5 Å². The number of Topliss-reactive ketones (excluding diaryl/α,β-unsaturated/α-hetero) is 1. The van der Waals surface area contributed by atoms with Crippen molar-refractivity contribution in [1.82, 2.24) is 0 Å². The van der Waals surface area contributed by atoms with Gasteiger partial charge in [0.1, 0.15) is 0 Å². The predicted octanol–water partition coefficient (Wildman–Crippen LogP) is 2.50. The van der Waals surface area contributed by atoms with Crippen molar-refractivity contribution in [1.29, 1.82) is 0 Å². The number of anilines is 1. The van der Waals surface area contributed by atoms with E-state index in [1.54, 1.807) is 12.1 Å². The molecule has 13 heavy (non-hydrogen) atoms. The van der Waals surface area contributed by atoms with Gasteiger partial charge in [0.2, 0.25) is 0 Å². The molecule has 68 valence electrons. The number of hydrogen-bond donors (Lipinski definition) is 1. The molecule has 0 aliphatic heterocycles. The molecule has 0 aromatic heterocycles. The van der Waals surface area contributed by atoms with Gasteiger partial charge in [0.05, 0.1) is 0 Å². The van der Waals surface area contributed by atoms with E-state index in [1.807, 2.05) is 25.1 Å². The number of rotatable bonds is 2. The fourth-order valence-corrected chi connectivity index (χ4v) is 1.13. The smallest absolute Gasteiger partial charge is 0.159 e. The Kier molecular flexibility index (Phi) is 2.85. The lowest BCUT2D eigenvalue weighted by Crippen LogP contribution is -1.96. The topological polar surface area (TPSA) is 43.1 Å². The first-order chi connectivity index (χ1) is 6.15. The van der Waals surface area contributed by atoms with Crippen molar-refractivity contribution in [3.8, 4) is 0 Å². The summed E-state index contributed by atoms with van der Waals surface area (Å²) in [5.74, 6) is 0.0405. The molecule has 0 radical (unpaired) electrons. The zero-order valence-corrected chi connectivity index (χ0v) is 7.87. The minimum atomic E-state index is 0.0405. The molecule has 0 unspecified atom stereocenters. The quantitative estimate of drug-likeness (QED) is 0.554. The van der Waals surface area contributed by atoms with Crippen LogP contribution in [0, 0.1) is 0 Å². The lowest BCUT2D eigenvalue weighted by molar-refractivity contribution is 0.101. The maximum absolute atomic E-state index is 11.0. The van der Waals surface area contributed by atoms with Crippen LogP contribution in [0.15, 0.2) is 24.3 Å². The third kappa shape index (κ3) is 2.18. The summed E-state index contributed by atoms with van der Waals surface area (Å²) in [5.41, 5.74) is 8.00. The molecule has 0 saturated carbocycles. The van der Waals surface area contributed by atoms with Crippen molar-refractivity contribution in [3.63, 3.8) is 0 Å². The number of nitrogens with two attached hydrogens (primary N) is 1. The summed E-state index contributed by atoms with van der Waals surface area (Å²) >= 11 is 0. The molecule has 2 nitrogen and oxygen atoms in total. The molecule has 0 aliphatic rings. The standard InChI is InChI=1S/C11H13NO/c1-3-4-9-5-6-10(8(2)13)7-11(9)12/h3-7H,12H2,1-2H3/b4-3+. The number of allylic oxidation sites excluding steroid dienone is 1. The summed E-state index contributed by atoms with van der Waals surface area (Å²) in [7, 11) is 0. The Morgan fingerprint density at radius 1 is 1.46 bits per heavy atom. The normalized spacial score (nSPS) is 10.6. The van der Waals surface area contributed by atoms with Crippen molar-refractivity contribution in [2.75, 3.05) is 5.73 Å². The molecule has 0 bridgehead atoms. The lowest BCUT2D eigenvalue weighted by Gasteiger charge is -2.01. The van der Waals surface area contributed by atoms with Crippen molar-refractivity contribution in [2.45, 2.75) is 13.8 Å². The SMILES string of the molecule is C/C=C/c1ccc(C(C)=O)cc1N. The fourth-order valence-electron chi connectivity index (χ4n) is 1.13. The fraction of sp³-hybridized carbons (Fsp3) is 0.182. The number of carbonyl (C=O) groups excluding carboxylic acids is 1. The third-order valence-electron chi connectivity index (χ3n) is 1.84. The molecule has 0 atom stereocenters. The molecule has 1 rings (SSSR count). The van der Waals surface area contributed by atoms with E-state index in [9.17, 15) is 4.79 Å². The summed E-state index contributed by atoms with van der Waals surface area (Å²) in [6, 6.07) is 5.35. The van der Waals surface area contributed by atoms with Crippen molar-refractivity contribution in [3.05, 3.63) is 35.4 Å². The van der Waals surface area contributed by atoms with Crippen molar-refractivity contribution < 1.29 is 4.79 Å². The molecule has 1 aromatic rings. The average Bonchev–Trinajstić information content (AvgIpc) is 2.08. The molecule has 2 heteroatoms. The summed E-state index contributed by atoms with van der Waals surface area (Å²) in [4.78, 5) is 11.0. The van der Waals surface area contributed by atoms with Gasteiger partial charge in [0.25, 0.3) is 0 Å². The largest absolute Gasteiger partial charge is 0.398 e. The van der Waals surface area contributed by atoms with Crippen LogP contribution in [0.25, 0.3) is 6.08 Å². The number of nitrogen functional groups attached to an aromatic ring is 1. The molecule has 1 aromatic carbocycles. The van der Waals surface area contributed by atoms with Gasteiger partial charge in [-0.05, 0) is 25.5 Å². The molecule has 0 heterocycles. The summed E-state index contributed by atoms with van der Waals surface area (Å²) < 4.78 is 0. The van der Waals surface area contributed by atoms with Gasteiger partial charge in [0, 0.05) is 11.3 Å². The van der Waals surface area contributed by atoms with E-state index in [0.717, 1.165) is 5.56 Å². The van der Waals surface area contributed by atoms with Gasteiger partial charge in [-0.1, -0.05) is 24.3 Å². The molecule has 2 N–H and O–H groups in total. The lowest BCUT2D eigenvalue weighted by atomic mass is 10.1. The Bertz CT molecular complexity index is 353. The zero-order chi connectivity index (χ0) is 9.84. The first-order valence-electron chi connectivity index (χ1n) is 4.18. The van der Waals surface area contributed by atoms with Crippen LogP contribution in [0.3, 0.4) is 0 Å². The highest BCUT2D eigenvalue weighted by molar-refractivity contribution is 5.95. The van der Waals surface area contributed by atoms with Crippen LogP contribution >= 0.6 is 0 Å². The van der Waals surface area contributed by atoms with Gasteiger partial charge in [-0.2, -0.15) is 0 Å². The third-order valence-corrected chi connectivity index (χ3v) is 1.84. The second kappa shape index (κ2) is 3.90. The summed E-state index contributed by atoms with van der Waals surface area (Å²) in [6.45, 7) is 3.46. The van der Waals surface area contributed by atoms with E-state index in [4.69, 9.17) is 5.73 Å². The zero-order valence-electron chi connectivity index (χ0n) is 7.87. The highest BCUT2D eigenvalue weighted by atomic mass is 16.1. The minimum Gasteiger partial charge on any atom is -0.398 e. The number of benzene rings is 1. The van der Waals surface area contributed by atoms with Gasteiger partial charge in [-0.15, -0.1) is 0 Å². The second-order valence-electron chi connectivity index (χ2n) is 2.90. The monoisotopic (exact) mass is 175 g/mol. The van der Waals surface area contributed by atoms with Gasteiger partial charge < -0.3 is 5.73 Å². The predicted molar refractivity (Wildman–Crippen MR) is 55.6 cm³/mol. The first kappa shape index (κ1) is 9.52. The molecular formula is C11H13NO. The van der Waals surface area contributed by atoms with Crippen LogP contribution in [-0.4, -0.2) is 5.78 Å². The number of hydrogen-bond acceptors (Lipinski definition) is 2. The van der Waals surface area contributed by atoms with Crippen LogP contribution in [0.2, 0.25) is 0 Å². The molecule has 0 saturated heterocycles. The van der Waals surface area contributed by atoms with E-state index < -0.39 is 0 Å². The van der Waals surface area contributed by atoms with Crippen molar-refractivity contribution in [2.24, 2.45) is 0 Å². The van der Waals surface area contributed by atoms with Crippen LogP contribution in [0.4, 0.5) is 5.69 Å². The number of ketones is 1. The van der Waals surface area contributed by atoms with E-state index in [1.165, 1.54) is 6.92 Å².